The normalized spacial score (nSPS) is 11.7. The summed E-state index contributed by atoms with van der Waals surface area (Å²) in [7, 11) is 0. The molecule has 0 aliphatic carbocycles. The summed E-state index contributed by atoms with van der Waals surface area (Å²) in [5, 5.41) is 0. The van der Waals surface area contributed by atoms with Gasteiger partial charge in [-0.05, 0) is 18.9 Å². The van der Waals surface area contributed by atoms with Crippen molar-refractivity contribution in [2.75, 3.05) is 6.61 Å². The molecule has 0 saturated carbocycles. The average Bonchev–Trinajstić information content (AvgIpc) is 2.35. The Hall–Kier alpha value is -1.71. The van der Waals surface area contributed by atoms with Gasteiger partial charge in [0.2, 0.25) is 0 Å². The van der Waals surface area contributed by atoms with E-state index in [4.69, 9.17) is 0 Å². The fourth-order valence-electron chi connectivity index (χ4n) is 1.48. The lowest BCUT2D eigenvalue weighted by molar-refractivity contribution is -0.142. The maximum Gasteiger partial charge on any atom is 0.310 e. The molecule has 0 aliphatic rings. The zero-order valence-corrected chi connectivity index (χ0v) is 10.2. The fraction of sp³-hybridized carbons (Fsp3) is 0.357. The number of hydrogen-bond donors (Lipinski definition) is 0. The minimum atomic E-state index is -2.63. The van der Waals surface area contributed by atoms with Crippen molar-refractivity contribution in [1.82, 2.24) is 0 Å². The van der Waals surface area contributed by atoms with E-state index in [0.717, 1.165) is 5.56 Å². The standard InChI is InChI=1S/C14H16F2O2/c1-2-18-13(17)10-12(14(15)16)9-8-11-6-4-3-5-7-11/h3-7,9,14H,2,8,10H2,1H3/b12-9+. The van der Waals surface area contributed by atoms with Crippen LogP contribution in [0.5, 0.6) is 0 Å². The van der Waals surface area contributed by atoms with E-state index in [0.29, 0.717) is 6.42 Å². The molecule has 4 heteroatoms. The molecule has 1 aromatic rings. The lowest BCUT2D eigenvalue weighted by Gasteiger charge is -2.06. The Kier molecular flexibility index (Phi) is 6.05. The third-order valence-corrected chi connectivity index (χ3v) is 2.38. The van der Waals surface area contributed by atoms with Gasteiger partial charge in [0.15, 0.2) is 0 Å². The molecule has 0 aromatic heterocycles. The highest BCUT2D eigenvalue weighted by molar-refractivity contribution is 5.72. The second-order valence-corrected chi connectivity index (χ2v) is 3.75. The molecule has 0 aliphatic heterocycles. The Morgan fingerprint density at radius 3 is 2.56 bits per heavy atom. The molecule has 0 fully saturated rings. The highest BCUT2D eigenvalue weighted by atomic mass is 19.3. The van der Waals surface area contributed by atoms with Crippen molar-refractivity contribution in [2.24, 2.45) is 0 Å². The third kappa shape index (κ3) is 5.08. The SMILES string of the molecule is CCOC(=O)C/C(=C\Cc1ccccc1)C(F)F. The number of alkyl halides is 2. The minimum Gasteiger partial charge on any atom is -0.466 e. The van der Waals surface area contributed by atoms with E-state index in [2.05, 4.69) is 4.74 Å². The van der Waals surface area contributed by atoms with Gasteiger partial charge in [0.25, 0.3) is 6.43 Å². The molecule has 0 bridgehead atoms. The van der Waals surface area contributed by atoms with E-state index in [-0.39, 0.29) is 18.6 Å². The molecular weight excluding hydrogens is 238 g/mol. The van der Waals surface area contributed by atoms with Gasteiger partial charge < -0.3 is 4.74 Å². The Bertz CT molecular complexity index is 400. The highest BCUT2D eigenvalue weighted by Gasteiger charge is 2.15. The van der Waals surface area contributed by atoms with Crippen LogP contribution in [0.1, 0.15) is 18.9 Å². The molecule has 1 rings (SSSR count). The van der Waals surface area contributed by atoms with Crippen LogP contribution in [0.4, 0.5) is 8.78 Å². The zero-order chi connectivity index (χ0) is 13.4. The summed E-state index contributed by atoms with van der Waals surface area (Å²) >= 11 is 0. The first-order valence-electron chi connectivity index (χ1n) is 5.80. The van der Waals surface area contributed by atoms with Gasteiger partial charge in [-0.3, -0.25) is 4.79 Å². The number of hydrogen-bond acceptors (Lipinski definition) is 2. The highest BCUT2D eigenvalue weighted by Crippen LogP contribution is 2.15. The molecule has 0 heterocycles. The van der Waals surface area contributed by atoms with Gasteiger partial charge in [0.1, 0.15) is 0 Å². The number of carbonyl (C=O) groups excluding carboxylic acids is 1. The van der Waals surface area contributed by atoms with Crippen molar-refractivity contribution in [3.8, 4) is 0 Å². The van der Waals surface area contributed by atoms with E-state index in [9.17, 15) is 13.6 Å². The quantitative estimate of drug-likeness (QED) is 0.574. The van der Waals surface area contributed by atoms with Crippen LogP contribution in [0.25, 0.3) is 0 Å². The Balaban J connectivity index is 2.64. The summed E-state index contributed by atoms with van der Waals surface area (Å²) in [4.78, 5) is 11.2. The zero-order valence-electron chi connectivity index (χ0n) is 10.2. The molecule has 98 valence electrons. The van der Waals surface area contributed by atoms with Crippen molar-refractivity contribution >= 4 is 5.97 Å². The Labute approximate surface area is 105 Å². The number of rotatable bonds is 6. The molecule has 0 N–H and O–H groups in total. The van der Waals surface area contributed by atoms with E-state index in [1.54, 1.807) is 6.92 Å². The molecule has 0 amide bonds. The van der Waals surface area contributed by atoms with E-state index in [1.807, 2.05) is 30.3 Å². The smallest absolute Gasteiger partial charge is 0.310 e. The Morgan fingerprint density at radius 1 is 1.33 bits per heavy atom. The molecule has 0 spiro atoms. The van der Waals surface area contributed by atoms with E-state index < -0.39 is 12.4 Å². The largest absolute Gasteiger partial charge is 0.466 e. The predicted molar refractivity (Wildman–Crippen MR) is 65.5 cm³/mol. The molecule has 18 heavy (non-hydrogen) atoms. The maximum atomic E-state index is 12.7. The number of esters is 1. The van der Waals surface area contributed by atoms with Crippen LogP contribution < -0.4 is 0 Å². The van der Waals surface area contributed by atoms with E-state index in [1.165, 1.54) is 6.08 Å². The van der Waals surface area contributed by atoms with Crippen molar-refractivity contribution in [3.05, 3.63) is 47.5 Å². The first-order chi connectivity index (χ1) is 8.63. The van der Waals surface area contributed by atoms with Crippen LogP contribution in [0.3, 0.4) is 0 Å². The number of carbonyl (C=O) groups is 1. The van der Waals surface area contributed by atoms with Gasteiger partial charge >= 0.3 is 5.97 Å². The Morgan fingerprint density at radius 2 is 2.00 bits per heavy atom. The maximum absolute atomic E-state index is 12.7. The van der Waals surface area contributed by atoms with Gasteiger partial charge in [0.05, 0.1) is 13.0 Å². The first-order valence-corrected chi connectivity index (χ1v) is 5.80. The lowest BCUT2D eigenvalue weighted by Crippen LogP contribution is -2.09. The van der Waals surface area contributed by atoms with Crippen LogP contribution in [0, 0.1) is 0 Å². The van der Waals surface area contributed by atoms with E-state index >= 15 is 0 Å². The summed E-state index contributed by atoms with van der Waals surface area (Å²) in [6, 6.07) is 9.25. The van der Waals surface area contributed by atoms with Crippen molar-refractivity contribution in [3.63, 3.8) is 0 Å². The van der Waals surface area contributed by atoms with Crippen molar-refractivity contribution in [2.45, 2.75) is 26.2 Å². The number of allylic oxidation sites excluding steroid dienone is 1. The summed E-state index contributed by atoms with van der Waals surface area (Å²) in [6.45, 7) is 1.85. The number of halogens is 2. The predicted octanol–water partition coefficient (Wildman–Crippen LogP) is 3.37. The number of benzene rings is 1. The van der Waals surface area contributed by atoms with Crippen molar-refractivity contribution in [1.29, 1.82) is 0 Å². The van der Waals surface area contributed by atoms with Crippen molar-refractivity contribution < 1.29 is 18.3 Å². The summed E-state index contributed by atoms with van der Waals surface area (Å²) in [5.41, 5.74) is 0.747. The second-order valence-electron chi connectivity index (χ2n) is 3.75. The van der Waals surface area contributed by atoms with Gasteiger partial charge in [-0.25, -0.2) is 8.78 Å². The molecule has 2 nitrogen and oxygen atoms in total. The van der Waals surface area contributed by atoms with Crippen LogP contribution in [0.15, 0.2) is 42.0 Å². The molecule has 0 radical (unpaired) electrons. The monoisotopic (exact) mass is 254 g/mol. The van der Waals surface area contributed by atoms with Crippen LogP contribution in [0.2, 0.25) is 0 Å². The molecule has 1 aromatic carbocycles. The average molecular weight is 254 g/mol. The van der Waals surface area contributed by atoms with Gasteiger partial charge in [-0.2, -0.15) is 0 Å². The third-order valence-electron chi connectivity index (χ3n) is 2.38. The summed E-state index contributed by atoms with van der Waals surface area (Å²) in [6.07, 6.45) is -1.19. The molecular formula is C14H16F2O2. The van der Waals surface area contributed by atoms with Crippen LogP contribution in [-0.4, -0.2) is 19.0 Å². The van der Waals surface area contributed by atoms with Crippen LogP contribution in [-0.2, 0) is 16.0 Å². The summed E-state index contributed by atoms with van der Waals surface area (Å²) < 4.78 is 30.1. The van der Waals surface area contributed by atoms with Gasteiger partial charge in [-0.15, -0.1) is 0 Å². The molecule has 0 saturated heterocycles. The molecule has 0 unspecified atom stereocenters. The summed E-state index contributed by atoms with van der Waals surface area (Å²) in [5.74, 6) is -0.614. The lowest BCUT2D eigenvalue weighted by atomic mass is 10.1. The first kappa shape index (κ1) is 14.4. The number of ether oxygens (including phenoxy) is 1. The topological polar surface area (TPSA) is 26.3 Å². The molecule has 0 atom stereocenters. The van der Waals surface area contributed by atoms with Gasteiger partial charge in [0, 0.05) is 5.57 Å². The minimum absolute atomic E-state index is 0.183. The fourth-order valence-corrected chi connectivity index (χ4v) is 1.48. The van der Waals surface area contributed by atoms with Gasteiger partial charge in [-0.1, -0.05) is 36.4 Å². The second kappa shape index (κ2) is 7.58. The van der Waals surface area contributed by atoms with Crippen LogP contribution >= 0.6 is 0 Å².